The Morgan fingerprint density at radius 2 is 1.82 bits per heavy atom. The lowest BCUT2D eigenvalue weighted by Gasteiger charge is -2.09. The quantitative estimate of drug-likeness (QED) is 0.328. The van der Waals surface area contributed by atoms with E-state index in [1.165, 1.54) is 31.2 Å². The number of aldehydes is 1. The van der Waals surface area contributed by atoms with E-state index in [0.29, 0.717) is 23.8 Å². The molecule has 7 heteroatoms. The smallest absolute Gasteiger partial charge is 0.302 e. The molecule has 1 N–H and O–H groups in total. The maximum atomic E-state index is 12.1. The molecule has 0 aliphatic carbocycles. The Kier molecular flexibility index (Phi) is 7.31. The van der Waals surface area contributed by atoms with Gasteiger partial charge in [0.15, 0.2) is 5.78 Å². The van der Waals surface area contributed by atoms with Crippen LogP contribution in [0.5, 0.6) is 0 Å². The van der Waals surface area contributed by atoms with E-state index in [-0.39, 0.29) is 24.7 Å². The van der Waals surface area contributed by atoms with E-state index in [1.807, 2.05) is 0 Å². The summed E-state index contributed by atoms with van der Waals surface area (Å²) in [6.45, 7) is 1.39. The van der Waals surface area contributed by atoms with Gasteiger partial charge in [-0.2, -0.15) is 0 Å². The average Bonchev–Trinajstić information content (AvgIpc) is 2.52. The number of thiol groups is 1. The second-order valence-corrected chi connectivity index (χ2v) is 4.89. The van der Waals surface area contributed by atoms with E-state index in [4.69, 9.17) is 4.74 Å². The van der Waals surface area contributed by atoms with Gasteiger partial charge in [-0.05, 0) is 18.6 Å². The van der Waals surface area contributed by atoms with Crippen molar-refractivity contribution in [3.05, 3.63) is 35.4 Å². The highest BCUT2D eigenvalue weighted by Gasteiger charge is 2.15. The van der Waals surface area contributed by atoms with E-state index in [2.05, 4.69) is 17.5 Å². The molecule has 1 amide bonds. The zero-order chi connectivity index (χ0) is 16.5. The molecule has 1 aromatic rings. The van der Waals surface area contributed by atoms with Crippen LogP contribution < -0.4 is 4.72 Å². The van der Waals surface area contributed by atoms with Crippen LogP contribution in [0.25, 0.3) is 0 Å². The molecule has 0 aliphatic rings. The largest absolute Gasteiger partial charge is 0.466 e. The summed E-state index contributed by atoms with van der Waals surface area (Å²) in [6.07, 6.45) is 1.02. The number of benzene rings is 1. The molecule has 0 saturated heterocycles. The monoisotopic (exact) mass is 323 g/mol. The maximum absolute atomic E-state index is 12.1. The fraction of sp³-hybridized carbons (Fsp3) is 0.333. The molecule has 1 atom stereocenters. The van der Waals surface area contributed by atoms with E-state index in [1.54, 1.807) is 0 Å². The highest BCUT2D eigenvalue weighted by Crippen LogP contribution is 2.13. The maximum Gasteiger partial charge on any atom is 0.302 e. The van der Waals surface area contributed by atoms with E-state index in [0.717, 1.165) is 0 Å². The summed E-state index contributed by atoms with van der Waals surface area (Å²) in [5.74, 6) is -1.51. The van der Waals surface area contributed by atoms with Crippen molar-refractivity contribution in [2.24, 2.45) is 5.92 Å². The highest BCUT2D eigenvalue weighted by molar-refractivity contribution is 7.78. The van der Waals surface area contributed by atoms with Crippen molar-refractivity contribution in [1.82, 2.24) is 4.72 Å². The van der Waals surface area contributed by atoms with Crippen molar-refractivity contribution >= 4 is 36.8 Å². The lowest BCUT2D eigenvalue weighted by Crippen LogP contribution is -2.15. The van der Waals surface area contributed by atoms with Gasteiger partial charge in [-0.15, -0.1) is 0 Å². The lowest BCUT2D eigenvalue weighted by atomic mass is 9.96. The Morgan fingerprint density at radius 3 is 2.32 bits per heavy atom. The predicted octanol–water partition coefficient (Wildman–Crippen LogP) is 1.60. The molecular weight excluding hydrogens is 306 g/mol. The van der Waals surface area contributed by atoms with Crippen LogP contribution in [0, 0.1) is 5.92 Å². The van der Waals surface area contributed by atoms with Crippen LogP contribution in [0.1, 0.15) is 40.5 Å². The van der Waals surface area contributed by atoms with Gasteiger partial charge in [-0.1, -0.05) is 24.9 Å². The third-order valence-electron chi connectivity index (χ3n) is 3.00. The average molecular weight is 323 g/mol. The van der Waals surface area contributed by atoms with E-state index >= 15 is 0 Å². The summed E-state index contributed by atoms with van der Waals surface area (Å²) < 4.78 is 6.94. The van der Waals surface area contributed by atoms with Crippen molar-refractivity contribution in [1.29, 1.82) is 0 Å². The topological polar surface area (TPSA) is 89.5 Å². The summed E-state index contributed by atoms with van der Waals surface area (Å²) >= 11 is 3.66. The highest BCUT2D eigenvalue weighted by atomic mass is 32.1. The molecule has 1 unspecified atom stereocenters. The van der Waals surface area contributed by atoms with Gasteiger partial charge in [0.05, 0.1) is 6.61 Å². The third-order valence-corrected chi connectivity index (χ3v) is 3.21. The van der Waals surface area contributed by atoms with Crippen LogP contribution >= 0.6 is 12.8 Å². The third kappa shape index (κ3) is 5.69. The molecule has 0 saturated carbocycles. The minimum absolute atomic E-state index is 0.0306. The number of carbonyl (C=O) groups excluding carboxylic acids is 4. The first-order valence-corrected chi connectivity index (χ1v) is 7.09. The zero-order valence-electron chi connectivity index (χ0n) is 12.1. The lowest BCUT2D eigenvalue weighted by molar-refractivity contribution is -0.141. The normalized spacial score (nSPS) is 11.4. The van der Waals surface area contributed by atoms with Gasteiger partial charge in [0, 0.05) is 30.4 Å². The predicted molar refractivity (Wildman–Crippen MR) is 82.6 cm³/mol. The number of amides is 1. The summed E-state index contributed by atoms with van der Waals surface area (Å²) in [5, 5.41) is 0. The van der Waals surface area contributed by atoms with E-state index in [9.17, 15) is 19.2 Å². The minimum Gasteiger partial charge on any atom is -0.466 e. The number of nitrogens with one attached hydrogen (secondary N) is 1. The van der Waals surface area contributed by atoms with Crippen molar-refractivity contribution in [2.45, 2.75) is 19.8 Å². The molecule has 0 fully saturated rings. The Labute approximate surface area is 133 Å². The van der Waals surface area contributed by atoms with E-state index < -0.39 is 11.9 Å². The molecule has 0 aliphatic heterocycles. The van der Waals surface area contributed by atoms with Gasteiger partial charge in [-0.25, -0.2) is 0 Å². The Morgan fingerprint density at radius 1 is 1.23 bits per heavy atom. The van der Waals surface area contributed by atoms with Gasteiger partial charge in [0.2, 0.25) is 0 Å². The van der Waals surface area contributed by atoms with Crippen molar-refractivity contribution in [3.8, 4) is 0 Å². The molecule has 1 rings (SSSR count). The molecule has 1 aromatic carbocycles. The summed E-state index contributed by atoms with van der Waals surface area (Å²) in [4.78, 5) is 45.0. The van der Waals surface area contributed by atoms with Crippen LogP contribution in [0.2, 0.25) is 0 Å². The second kappa shape index (κ2) is 8.99. The van der Waals surface area contributed by atoms with Gasteiger partial charge in [0.25, 0.3) is 5.91 Å². The first kappa shape index (κ1) is 17.9. The Balaban J connectivity index is 2.60. The van der Waals surface area contributed by atoms with Crippen LogP contribution in [0.3, 0.4) is 0 Å². The fourth-order valence-electron chi connectivity index (χ4n) is 1.80. The molecule has 0 bridgehead atoms. The zero-order valence-corrected chi connectivity index (χ0v) is 13.0. The SMILES string of the molecule is CC(=O)OCCC(C=O)CC(=O)c1ccc(C(=O)NS)cc1. The molecule has 22 heavy (non-hydrogen) atoms. The van der Waals surface area contributed by atoms with Crippen LogP contribution in [-0.2, 0) is 14.3 Å². The van der Waals surface area contributed by atoms with Crippen molar-refractivity contribution in [2.75, 3.05) is 6.61 Å². The number of hydrogen-bond acceptors (Lipinski definition) is 6. The fourth-order valence-corrected chi connectivity index (χ4v) is 1.93. The summed E-state index contributed by atoms with van der Waals surface area (Å²) in [7, 11) is 0. The molecule has 0 spiro atoms. The molecule has 0 radical (unpaired) electrons. The summed E-state index contributed by atoms with van der Waals surface area (Å²) in [5.41, 5.74) is 0.795. The molecule has 0 heterocycles. The number of Topliss-reactive ketones (excluding diaryl/α,β-unsaturated/α-hetero) is 1. The van der Waals surface area contributed by atoms with Crippen LogP contribution in [0.15, 0.2) is 24.3 Å². The molecular formula is C15H17NO5S. The molecule has 0 aromatic heterocycles. The Bertz CT molecular complexity index is 556. The first-order chi connectivity index (χ1) is 10.5. The number of ketones is 1. The number of rotatable bonds is 8. The van der Waals surface area contributed by atoms with Gasteiger partial charge < -0.3 is 9.53 Å². The molecule has 118 valence electrons. The first-order valence-electron chi connectivity index (χ1n) is 6.64. The second-order valence-electron chi connectivity index (χ2n) is 4.67. The van der Waals surface area contributed by atoms with Crippen molar-refractivity contribution in [3.63, 3.8) is 0 Å². The van der Waals surface area contributed by atoms with Crippen molar-refractivity contribution < 1.29 is 23.9 Å². The number of ether oxygens (including phenoxy) is 1. The Hall–Kier alpha value is -2.15. The minimum atomic E-state index is -0.507. The number of hydrogen-bond donors (Lipinski definition) is 2. The van der Waals surface area contributed by atoms with Crippen LogP contribution in [-0.4, -0.2) is 30.6 Å². The van der Waals surface area contributed by atoms with Gasteiger partial charge in [-0.3, -0.25) is 19.1 Å². The number of carbonyl (C=O) groups is 4. The summed E-state index contributed by atoms with van der Waals surface area (Å²) in [6, 6.07) is 6.06. The number of esters is 1. The molecule has 6 nitrogen and oxygen atoms in total. The van der Waals surface area contributed by atoms with Crippen LogP contribution in [0.4, 0.5) is 0 Å². The van der Waals surface area contributed by atoms with Gasteiger partial charge in [0.1, 0.15) is 6.29 Å². The van der Waals surface area contributed by atoms with Gasteiger partial charge >= 0.3 is 5.97 Å². The standard InChI is InChI=1S/C15H17NO5S/c1-10(18)21-7-6-11(9-17)8-14(19)12-2-4-13(5-3-12)15(20)16-22/h2-5,9,11,22H,6-8H2,1H3,(H,16,20).